The van der Waals surface area contributed by atoms with Gasteiger partial charge in [0.05, 0.1) is 12.5 Å². The minimum absolute atomic E-state index is 0.314. The molecule has 0 unspecified atom stereocenters. The zero-order chi connectivity index (χ0) is 22.5. The highest BCUT2D eigenvalue weighted by atomic mass is 16.7. The molecule has 2 rings (SSSR count). The third-order valence-electron chi connectivity index (χ3n) is 5.76. The molecule has 0 aromatic rings. The second kappa shape index (κ2) is 10.1. The van der Waals surface area contributed by atoms with Gasteiger partial charge in [-0.1, -0.05) is 38.2 Å². The molecule has 3 atom stereocenters. The van der Waals surface area contributed by atoms with Crippen LogP contribution in [0.4, 0.5) is 4.79 Å². The highest BCUT2D eigenvalue weighted by Crippen LogP contribution is 2.40. The molecule has 30 heavy (non-hydrogen) atoms. The summed E-state index contributed by atoms with van der Waals surface area (Å²) in [6.07, 6.45) is 6.96. The second-order valence-electron chi connectivity index (χ2n) is 9.93. The summed E-state index contributed by atoms with van der Waals surface area (Å²) in [6.45, 7) is 12.3. The van der Waals surface area contributed by atoms with E-state index >= 15 is 0 Å². The summed E-state index contributed by atoms with van der Waals surface area (Å²) >= 11 is 0. The first-order valence-electron chi connectivity index (χ1n) is 11.1. The molecular formula is C23H39NO6. The number of esters is 1. The molecule has 0 radical (unpaired) electrons. The Hall–Kier alpha value is -1.60. The maximum absolute atomic E-state index is 13.1. The Morgan fingerprint density at radius 3 is 2.43 bits per heavy atom. The largest absolute Gasteiger partial charge is 0.444 e. The van der Waals surface area contributed by atoms with Gasteiger partial charge < -0.3 is 19.3 Å². The number of rotatable bonds is 7. The molecule has 1 saturated heterocycles. The van der Waals surface area contributed by atoms with Crippen molar-refractivity contribution in [3.8, 4) is 0 Å². The number of allylic oxidation sites excluding steroid dienone is 1. The maximum Gasteiger partial charge on any atom is 0.413 e. The van der Waals surface area contributed by atoms with Gasteiger partial charge in [-0.2, -0.15) is 0 Å². The van der Waals surface area contributed by atoms with Crippen molar-refractivity contribution in [1.29, 1.82) is 0 Å². The zero-order valence-corrected chi connectivity index (χ0v) is 19.2. The predicted molar refractivity (Wildman–Crippen MR) is 113 cm³/mol. The van der Waals surface area contributed by atoms with Crippen LogP contribution in [0.5, 0.6) is 0 Å². The summed E-state index contributed by atoms with van der Waals surface area (Å²) in [5, 5.41) is 9.52. The van der Waals surface area contributed by atoms with Gasteiger partial charge in [0.25, 0.3) is 0 Å². The molecule has 2 aliphatic rings. The third-order valence-corrected chi connectivity index (χ3v) is 5.76. The lowest BCUT2D eigenvalue weighted by Crippen LogP contribution is -2.51. The fourth-order valence-electron chi connectivity index (χ4n) is 4.35. The van der Waals surface area contributed by atoms with E-state index in [-0.39, 0.29) is 6.61 Å². The molecule has 0 spiro atoms. The van der Waals surface area contributed by atoms with E-state index in [1.807, 2.05) is 20.8 Å². The van der Waals surface area contributed by atoms with Gasteiger partial charge in [0, 0.05) is 0 Å². The van der Waals surface area contributed by atoms with E-state index < -0.39 is 41.6 Å². The lowest BCUT2D eigenvalue weighted by atomic mass is 9.84. The van der Waals surface area contributed by atoms with Gasteiger partial charge in [0.2, 0.25) is 6.29 Å². The van der Waals surface area contributed by atoms with Crippen LogP contribution < -0.4 is 0 Å². The monoisotopic (exact) mass is 425 g/mol. The molecule has 0 aromatic heterocycles. The number of amides is 1. The number of aliphatic hydroxyl groups excluding tert-OH is 1. The van der Waals surface area contributed by atoms with Gasteiger partial charge in [-0.15, -0.1) is 6.58 Å². The SMILES string of the molecule is C=CC[C@H](CO)C(=O)O[C@H]1OC(C)(C)N(C(=O)OC(C)(C)C)[C@H]1CC1CCCCC1. The predicted octanol–water partition coefficient (Wildman–Crippen LogP) is 4.38. The molecular weight excluding hydrogens is 386 g/mol. The third kappa shape index (κ3) is 6.45. The van der Waals surface area contributed by atoms with Crippen LogP contribution in [0.3, 0.4) is 0 Å². The topological polar surface area (TPSA) is 85.3 Å². The Bertz CT molecular complexity index is 605. The first-order valence-corrected chi connectivity index (χ1v) is 11.1. The molecule has 172 valence electrons. The maximum atomic E-state index is 13.1. The summed E-state index contributed by atoms with van der Waals surface area (Å²) in [7, 11) is 0. The van der Waals surface area contributed by atoms with Crippen molar-refractivity contribution in [2.24, 2.45) is 11.8 Å². The number of aliphatic hydroxyl groups is 1. The quantitative estimate of drug-likeness (QED) is 0.481. The highest BCUT2D eigenvalue weighted by Gasteiger charge is 2.53. The van der Waals surface area contributed by atoms with Crippen LogP contribution in [0.25, 0.3) is 0 Å². The normalized spacial score (nSPS) is 25.6. The van der Waals surface area contributed by atoms with Crippen LogP contribution in [0.2, 0.25) is 0 Å². The Morgan fingerprint density at radius 2 is 1.90 bits per heavy atom. The van der Waals surface area contributed by atoms with Crippen molar-refractivity contribution in [2.75, 3.05) is 6.61 Å². The number of nitrogens with zero attached hydrogens (tertiary/aromatic N) is 1. The van der Waals surface area contributed by atoms with Gasteiger partial charge in [-0.25, -0.2) is 4.79 Å². The smallest absolute Gasteiger partial charge is 0.413 e. The summed E-state index contributed by atoms with van der Waals surface area (Å²) in [5.74, 6) is -0.799. The molecule has 1 heterocycles. The zero-order valence-electron chi connectivity index (χ0n) is 19.2. The average Bonchev–Trinajstić information content (AvgIpc) is 2.88. The van der Waals surface area contributed by atoms with Crippen LogP contribution >= 0.6 is 0 Å². The minimum atomic E-state index is -0.986. The molecule has 1 amide bonds. The first kappa shape index (κ1) is 24.7. The van der Waals surface area contributed by atoms with Crippen LogP contribution in [-0.2, 0) is 19.0 Å². The van der Waals surface area contributed by atoms with Gasteiger partial charge in [-0.05, 0) is 53.4 Å². The number of hydrogen-bond donors (Lipinski definition) is 1. The summed E-state index contributed by atoms with van der Waals surface area (Å²) < 4.78 is 17.4. The first-order chi connectivity index (χ1) is 14.0. The average molecular weight is 426 g/mol. The van der Waals surface area contributed by atoms with Gasteiger partial charge in [0.1, 0.15) is 17.4 Å². The lowest BCUT2D eigenvalue weighted by Gasteiger charge is -2.36. The summed E-state index contributed by atoms with van der Waals surface area (Å²) in [6, 6.07) is -0.440. The number of hydrogen-bond acceptors (Lipinski definition) is 6. The van der Waals surface area contributed by atoms with E-state index in [0.29, 0.717) is 18.8 Å². The van der Waals surface area contributed by atoms with Crippen molar-refractivity contribution in [2.45, 2.75) is 103 Å². The van der Waals surface area contributed by atoms with Crippen molar-refractivity contribution in [3.05, 3.63) is 12.7 Å². The van der Waals surface area contributed by atoms with Crippen LogP contribution in [0.1, 0.15) is 79.6 Å². The van der Waals surface area contributed by atoms with Crippen molar-refractivity contribution in [1.82, 2.24) is 4.90 Å². The second-order valence-corrected chi connectivity index (χ2v) is 9.93. The fraction of sp³-hybridized carbons (Fsp3) is 0.826. The number of carbonyl (C=O) groups is 2. The van der Waals surface area contributed by atoms with E-state index in [9.17, 15) is 14.7 Å². The van der Waals surface area contributed by atoms with Crippen LogP contribution in [0, 0.1) is 11.8 Å². The van der Waals surface area contributed by atoms with Crippen molar-refractivity contribution >= 4 is 12.1 Å². The van der Waals surface area contributed by atoms with E-state index in [1.54, 1.807) is 24.8 Å². The Labute approximate surface area is 180 Å². The fourth-order valence-corrected chi connectivity index (χ4v) is 4.35. The minimum Gasteiger partial charge on any atom is -0.444 e. The number of ether oxygens (including phenoxy) is 3. The van der Waals surface area contributed by atoms with E-state index in [0.717, 1.165) is 12.8 Å². The summed E-state index contributed by atoms with van der Waals surface area (Å²) in [4.78, 5) is 27.3. The molecule has 2 fully saturated rings. The standard InChI is InChI=1S/C23H39NO6/c1-7-11-17(15-25)19(26)28-20-18(14-16-12-9-8-10-13-16)24(23(5,6)29-20)21(27)30-22(2,3)4/h7,16-18,20,25H,1,8-15H2,2-6H3/t17-,18+,20+/m1/s1. The molecule has 7 nitrogen and oxygen atoms in total. The Kier molecular flexibility index (Phi) is 8.34. The van der Waals surface area contributed by atoms with Crippen molar-refractivity contribution < 1.29 is 28.9 Å². The Balaban J connectivity index is 2.26. The molecule has 0 aromatic carbocycles. The van der Waals surface area contributed by atoms with E-state index in [4.69, 9.17) is 14.2 Å². The lowest BCUT2D eigenvalue weighted by molar-refractivity contribution is -0.193. The van der Waals surface area contributed by atoms with Crippen LogP contribution in [0.15, 0.2) is 12.7 Å². The molecule has 1 N–H and O–H groups in total. The molecule has 1 saturated carbocycles. The van der Waals surface area contributed by atoms with Crippen LogP contribution in [-0.4, -0.2) is 52.3 Å². The van der Waals surface area contributed by atoms with Gasteiger partial charge in [0.15, 0.2) is 0 Å². The van der Waals surface area contributed by atoms with E-state index in [1.165, 1.54) is 19.3 Å². The molecule has 7 heteroatoms. The molecule has 0 bridgehead atoms. The van der Waals surface area contributed by atoms with E-state index in [2.05, 4.69) is 6.58 Å². The summed E-state index contributed by atoms with van der Waals surface area (Å²) in [5.41, 5.74) is -1.64. The van der Waals surface area contributed by atoms with Gasteiger partial charge in [-0.3, -0.25) is 9.69 Å². The van der Waals surface area contributed by atoms with Gasteiger partial charge >= 0.3 is 12.1 Å². The number of carbonyl (C=O) groups excluding carboxylic acids is 2. The molecule has 1 aliphatic carbocycles. The highest BCUT2D eigenvalue weighted by molar-refractivity contribution is 5.73. The Morgan fingerprint density at radius 1 is 1.27 bits per heavy atom. The van der Waals surface area contributed by atoms with Crippen molar-refractivity contribution in [3.63, 3.8) is 0 Å². The molecule has 1 aliphatic heterocycles.